The number of carbonyl (C=O) groups excluding carboxylic acids is 1. The van der Waals surface area contributed by atoms with Gasteiger partial charge in [-0.15, -0.1) is 11.6 Å². The highest BCUT2D eigenvalue weighted by Crippen LogP contribution is 2.26. The molecule has 5 nitrogen and oxygen atoms in total. The molecule has 1 aromatic heterocycles. The Morgan fingerprint density at radius 2 is 2.12 bits per heavy atom. The first-order chi connectivity index (χ1) is 8.08. The number of nitro groups is 1. The average Bonchev–Trinajstić information content (AvgIpc) is 2.78. The van der Waals surface area contributed by atoms with Gasteiger partial charge in [-0.3, -0.25) is 14.9 Å². The van der Waals surface area contributed by atoms with Crippen LogP contribution in [-0.4, -0.2) is 34.2 Å². The summed E-state index contributed by atoms with van der Waals surface area (Å²) in [4.78, 5) is 24.2. The second kappa shape index (κ2) is 5.01. The van der Waals surface area contributed by atoms with Crippen molar-refractivity contribution in [3.63, 3.8) is 0 Å². The molecule has 1 amide bonds. The van der Waals surface area contributed by atoms with Gasteiger partial charge in [-0.2, -0.15) is 0 Å². The summed E-state index contributed by atoms with van der Waals surface area (Å²) in [5, 5.41) is 10.7. The minimum absolute atomic E-state index is 0.000536. The summed E-state index contributed by atoms with van der Waals surface area (Å²) < 4.78 is 0. The first kappa shape index (κ1) is 12.3. The van der Waals surface area contributed by atoms with Gasteiger partial charge in [0.05, 0.1) is 9.80 Å². The van der Waals surface area contributed by atoms with E-state index in [0.717, 1.165) is 24.2 Å². The van der Waals surface area contributed by atoms with Crippen molar-refractivity contribution < 1.29 is 9.72 Å². The van der Waals surface area contributed by atoms with Crippen LogP contribution in [0.5, 0.6) is 0 Å². The van der Waals surface area contributed by atoms with Crippen LogP contribution >= 0.6 is 22.9 Å². The Labute approximate surface area is 107 Å². The van der Waals surface area contributed by atoms with Crippen molar-refractivity contribution in [1.82, 2.24) is 4.90 Å². The van der Waals surface area contributed by atoms with Gasteiger partial charge in [0, 0.05) is 24.5 Å². The highest BCUT2D eigenvalue weighted by Gasteiger charge is 2.24. The number of hydrogen-bond acceptors (Lipinski definition) is 4. The maximum atomic E-state index is 12.0. The lowest BCUT2D eigenvalue weighted by atomic mass is 10.1. The summed E-state index contributed by atoms with van der Waals surface area (Å²) in [6, 6.07) is 2.88. The van der Waals surface area contributed by atoms with E-state index in [2.05, 4.69) is 0 Å². The van der Waals surface area contributed by atoms with Gasteiger partial charge in [-0.1, -0.05) is 11.3 Å². The molecule has 0 aliphatic carbocycles. The van der Waals surface area contributed by atoms with Gasteiger partial charge in [0.1, 0.15) is 0 Å². The Bertz CT molecular complexity index is 441. The van der Waals surface area contributed by atoms with E-state index in [1.165, 1.54) is 12.1 Å². The summed E-state index contributed by atoms with van der Waals surface area (Å²) in [6.07, 6.45) is 1.56. The number of halogens is 1. The molecule has 17 heavy (non-hydrogen) atoms. The molecule has 0 N–H and O–H groups in total. The fraction of sp³-hybridized carbons (Fsp3) is 0.500. The Kier molecular flexibility index (Phi) is 3.63. The maximum Gasteiger partial charge on any atom is 0.324 e. The van der Waals surface area contributed by atoms with Crippen molar-refractivity contribution in [3.8, 4) is 0 Å². The molecule has 0 spiro atoms. The van der Waals surface area contributed by atoms with Crippen molar-refractivity contribution in [3.05, 3.63) is 27.1 Å². The second-order valence-corrected chi connectivity index (χ2v) is 5.54. The highest BCUT2D eigenvalue weighted by atomic mass is 35.5. The number of likely N-dealkylation sites (tertiary alicyclic amines) is 1. The van der Waals surface area contributed by atoms with Gasteiger partial charge in [0.25, 0.3) is 5.91 Å². The minimum atomic E-state index is -0.480. The third kappa shape index (κ3) is 2.76. The number of piperidine rings is 1. The van der Waals surface area contributed by atoms with Crippen molar-refractivity contribution in [2.75, 3.05) is 13.1 Å². The van der Waals surface area contributed by atoms with Crippen LogP contribution in [-0.2, 0) is 0 Å². The molecule has 0 bridgehead atoms. The molecule has 0 unspecified atom stereocenters. The third-order valence-corrected chi connectivity index (χ3v) is 4.16. The summed E-state index contributed by atoms with van der Waals surface area (Å²) >= 11 is 6.87. The first-order valence-corrected chi connectivity index (χ1v) is 6.51. The van der Waals surface area contributed by atoms with Gasteiger partial charge in [-0.05, 0) is 18.9 Å². The molecule has 1 fully saturated rings. The van der Waals surface area contributed by atoms with Crippen LogP contribution in [0.25, 0.3) is 0 Å². The topological polar surface area (TPSA) is 63.4 Å². The van der Waals surface area contributed by atoms with Crippen molar-refractivity contribution in [1.29, 1.82) is 0 Å². The van der Waals surface area contributed by atoms with Gasteiger partial charge in [0.2, 0.25) is 0 Å². The molecule has 0 saturated carbocycles. The number of carbonyl (C=O) groups is 1. The number of rotatable bonds is 2. The van der Waals surface area contributed by atoms with Crippen LogP contribution in [0.4, 0.5) is 5.00 Å². The fourth-order valence-electron chi connectivity index (χ4n) is 1.75. The molecular formula is C10H11ClN2O3S. The predicted molar refractivity (Wildman–Crippen MR) is 65.8 cm³/mol. The Balaban J connectivity index is 2.06. The van der Waals surface area contributed by atoms with Gasteiger partial charge in [-0.25, -0.2) is 0 Å². The molecule has 1 aromatic rings. The predicted octanol–water partition coefficient (Wildman–Crippen LogP) is 2.50. The average molecular weight is 275 g/mol. The van der Waals surface area contributed by atoms with Crippen LogP contribution in [0.2, 0.25) is 0 Å². The van der Waals surface area contributed by atoms with E-state index in [4.69, 9.17) is 11.6 Å². The quantitative estimate of drug-likeness (QED) is 0.473. The summed E-state index contributed by atoms with van der Waals surface area (Å²) in [6.45, 7) is 1.25. The number of amides is 1. The van der Waals surface area contributed by atoms with Crippen molar-refractivity contribution >= 4 is 33.8 Å². The van der Waals surface area contributed by atoms with Crippen molar-refractivity contribution in [2.45, 2.75) is 18.2 Å². The first-order valence-electron chi connectivity index (χ1n) is 5.25. The Morgan fingerprint density at radius 1 is 1.47 bits per heavy atom. The summed E-state index contributed by atoms with van der Waals surface area (Å²) in [5.41, 5.74) is 0. The van der Waals surface area contributed by atoms with E-state index in [1.807, 2.05) is 0 Å². The molecule has 0 radical (unpaired) electrons. The van der Waals surface area contributed by atoms with Gasteiger partial charge >= 0.3 is 5.00 Å². The molecule has 7 heteroatoms. The third-order valence-electron chi connectivity index (χ3n) is 2.69. The van der Waals surface area contributed by atoms with E-state index in [0.29, 0.717) is 18.0 Å². The second-order valence-electron chi connectivity index (χ2n) is 3.86. The molecule has 2 heterocycles. The zero-order valence-corrected chi connectivity index (χ0v) is 10.5. The lowest BCUT2D eigenvalue weighted by Crippen LogP contribution is -2.38. The van der Waals surface area contributed by atoms with Crippen LogP contribution < -0.4 is 0 Å². The molecule has 0 aromatic carbocycles. The lowest BCUT2D eigenvalue weighted by molar-refractivity contribution is -0.380. The number of thiophene rings is 1. The molecule has 2 rings (SSSR count). The van der Waals surface area contributed by atoms with E-state index in [-0.39, 0.29) is 16.3 Å². The fourth-order valence-corrected chi connectivity index (χ4v) is 2.73. The van der Waals surface area contributed by atoms with E-state index in [9.17, 15) is 14.9 Å². The van der Waals surface area contributed by atoms with Crippen LogP contribution in [0.15, 0.2) is 12.1 Å². The van der Waals surface area contributed by atoms with Crippen LogP contribution in [0.3, 0.4) is 0 Å². The number of nitrogens with zero attached hydrogens (tertiary/aromatic N) is 2. The molecule has 1 saturated heterocycles. The molecule has 0 atom stereocenters. The summed E-state index contributed by atoms with van der Waals surface area (Å²) in [7, 11) is 0. The minimum Gasteiger partial charge on any atom is -0.338 e. The lowest BCUT2D eigenvalue weighted by Gasteiger charge is -2.28. The monoisotopic (exact) mass is 274 g/mol. The van der Waals surface area contributed by atoms with Gasteiger partial charge < -0.3 is 4.90 Å². The number of hydrogen-bond donors (Lipinski definition) is 0. The van der Waals surface area contributed by atoms with Gasteiger partial charge in [0.15, 0.2) is 0 Å². The molecule has 1 aliphatic rings. The molecule has 1 aliphatic heterocycles. The Hall–Kier alpha value is -1.14. The zero-order valence-electron chi connectivity index (χ0n) is 8.97. The largest absolute Gasteiger partial charge is 0.338 e. The maximum absolute atomic E-state index is 12.0. The van der Waals surface area contributed by atoms with E-state index >= 15 is 0 Å². The summed E-state index contributed by atoms with van der Waals surface area (Å²) in [5.74, 6) is -0.133. The standard InChI is InChI=1S/C10H11ClN2O3S/c11-7-3-5-12(6-4-7)10(14)8-1-2-9(17-8)13(15)16/h1-2,7H,3-6H2. The van der Waals surface area contributed by atoms with E-state index < -0.39 is 4.92 Å². The zero-order chi connectivity index (χ0) is 12.4. The smallest absolute Gasteiger partial charge is 0.324 e. The molecular weight excluding hydrogens is 264 g/mol. The SMILES string of the molecule is O=C(c1ccc([N+](=O)[O-])s1)N1CCC(Cl)CC1. The van der Waals surface area contributed by atoms with Crippen molar-refractivity contribution in [2.24, 2.45) is 0 Å². The van der Waals surface area contributed by atoms with Crippen LogP contribution in [0.1, 0.15) is 22.5 Å². The highest BCUT2D eigenvalue weighted by molar-refractivity contribution is 7.17. The van der Waals surface area contributed by atoms with Crippen LogP contribution in [0, 0.1) is 10.1 Å². The van der Waals surface area contributed by atoms with E-state index in [1.54, 1.807) is 4.90 Å². The Morgan fingerprint density at radius 3 is 2.65 bits per heavy atom. The normalized spacial score (nSPS) is 17.1. The number of alkyl halides is 1. The molecule has 92 valence electrons.